The zero-order valence-electron chi connectivity index (χ0n) is 13.3. The summed E-state index contributed by atoms with van der Waals surface area (Å²) in [5, 5.41) is 3.49. The van der Waals surface area contributed by atoms with Gasteiger partial charge in [-0.05, 0) is 52.1 Å². The molecule has 0 unspecified atom stereocenters. The molecule has 20 heavy (non-hydrogen) atoms. The van der Waals surface area contributed by atoms with E-state index in [2.05, 4.69) is 79.2 Å². The van der Waals surface area contributed by atoms with Crippen molar-refractivity contribution in [2.45, 2.75) is 39.5 Å². The van der Waals surface area contributed by atoms with E-state index in [9.17, 15) is 0 Å². The van der Waals surface area contributed by atoms with Crippen LogP contribution in [0.5, 0.6) is 0 Å². The Kier molecular flexibility index (Phi) is 7.17. The van der Waals surface area contributed by atoms with Crippen LogP contribution >= 0.6 is 15.9 Å². The van der Waals surface area contributed by atoms with Crippen molar-refractivity contribution >= 4 is 15.9 Å². The molecule has 0 atom stereocenters. The van der Waals surface area contributed by atoms with Crippen LogP contribution in [0.15, 0.2) is 22.7 Å². The lowest BCUT2D eigenvalue weighted by atomic mass is 10.1. The summed E-state index contributed by atoms with van der Waals surface area (Å²) < 4.78 is 6.80. The fraction of sp³-hybridized carbons (Fsp3) is 0.625. The van der Waals surface area contributed by atoms with Gasteiger partial charge in [-0.1, -0.05) is 28.1 Å². The summed E-state index contributed by atoms with van der Waals surface area (Å²) in [6, 6.07) is 6.47. The largest absolute Gasteiger partial charge is 0.375 e. The van der Waals surface area contributed by atoms with E-state index in [-0.39, 0.29) is 5.54 Å². The van der Waals surface area contributed by atoms with Crippen LogP contribution in [0.25, 0.3) is 0 Å². The number of nitrogens with one attached hydrogen (secondary N) is 1. The fourth-order valence-corrected chi connectivity index (χ4v) is 2.15. The molecule has 1 aromatic carbocycles. The zero-order chi connectivity index (χ0) is 15.2. The van der Waals surface area contributed by atoms with Crippen molar-refractivity contribution in [2.24, 2.45) is 0 Å². The first kappa shape index (κ1) is 17.6. The van der Waals surface area contributed by atoms with Crippen molar-refractivity contribution in [3.63, 3.8) is 0 Å². The van der Waals surface area contributed by atoms with Gasteiger partial charge in [-0.2, -0.15) is 0 Å². The molecular formula is C16H27BrN2O. The molecule has 0 bridgehead atoms. The Balaban J connectivity index is 2.47. The maximum Gasteiger partial charge on any atom is 0.0728 e. The molecule has 4 heteroatoms. The lowest BCUT2D eigenvalue weighted by Crippen LogP contribution is -2.35. The maximum absolute atomic E-state index is 5.68. The van der Waals surface area contributed by atoms with Crippen LogP contribution in [0.2, 0.25) is 0 Å². The zero-order valence-corrected chi connectivity index (χ0v) is 14.9. The monoisotopic (exact) mass is 342 g/mol. The standard InChI is InChI=1S/C16H27BrN2O/c1-16(2,3)18-11-13-6-7-14(15(17)10-13)12-20-9-8-19(4)5/h6-7,10,18H,8-9,11-12H2,1-5H3. The molecule has 0 fully saturated rings. The van der Waals surface area contributed by atoms with Crippen molar-refractivity contribution in [3.8, 4) is 0 Å². The van der Waals surface area contributed by atoms with Gasteiger partial charge in [0.25, 0.3) is 0 Å². The van der Waals surface area contributed by atoms with Gasteiger partial charge in [0.05, 0.1) is 13.2 Å². The molecule has 0 aliphatic heterocycles. The van der Waals surface area contributed by atoms with Crippen molar-refractivity contribution < 1.29 is 4.74 Å². The van der Waals surface area contributed by atoms with Crippen LogP contribution in [0.4, 0.5) is 0 Å². The van der Waals surface area contributed by atoms with Crippen molar-refractivity contribution in [1.29, 1.82) is 0 Å². The average molecular weight is 343 g/mol. The second-order valence-electron chi connectivity index (χ2n) is 6.39. The molecule has 3 nitrogen and oxygen atoms in total. The maximum atomic E-state index is 5.68. The Hall–Kier alpha value is -0.420. The number of likely N-dealkylation sites (N-methyl/N-ethyl adjacent to an activating group) is 1. The van der Waals surface area contributed by atoms with E-state index in [1.165, 1.54) is 11.1 Å². The highest BCUT2D eigenvalue weighted by Crippen LogP contribution is 2.20. The average Bonchev–Trinajstić information content (AvgIpc) is 2.33. The summed E-state index contributed by atoms with van der Waals surface area (Å²) in [6.07, 6.45) is 0. The molecule has 0 amide bonds. The second kappa shape index (κ2) is 8.13. The highest BCUT2D eigenvalue weighted by atomic mass is 79.9. The topological polar surface area (TPSA) is 24.5 Å². The highest BCUT2D eigenvalue weighted by molar-refractivity contribution is 9.10. The van der Waals surface area contributed by atoms with Crippen LogP contribution in [0, 0.1) is 0 Å². The number of hydrogen-bond donors (Lipinski definition) is 1. The molecule has 0 saturated heterocycles. The molecule has 0 aliphatic rings. The molecule has 0 aliphatic carbocycles. The van der Waals surface area contributed by atoms with Crippen LogP contribution in [-0.4, -0.2) is 37.7 Å². The van der Waals surface area contributed by atoms with Crippen LogP contribution in [-0.2, 0) is 17.9 Å². The molecule has 0 saturated carbocycles. The Morgan fingerprint density at radius 3 is 2.50 bits per heavy atom. The van der Waals surface area contributed by atoms with Crippen LogP contribution in [0.3, 0.4) is 0 Å². The van der Waals surface area contributed by atoms with Gasteiger partial charge >= 0.3 is 0 Å². The number of ether oxygens (including phenoxy) is 1. The first-order valence-electron chi connectivity index (χ1n) is 7.03. The number of rotatable bonds is 7. The minimum atomic E-state index is 0.139. The minimum absolute atomic E-state index is 0.139. The van der Waals surface area contributed by atoms with Crippen LogP contribution in [0.1, 0.15) is 31.9 Å². The Morgan fingerprint density at radius 2 is 1.95 bits per heavy atom. The van der Waals surface area contributed by atoms with E-state index < -0.39 is 0 Å². The van der Waals surface area contributed by atoms with E-state index in [1.807, 2.05) is 0 Å². The van der Waals surface area contributed by atoms with E-state index in [0.29, 0.717) is 6.61 Å². The predicted octanol–water partition coefficient (Wildman–Crippen LogP) is 3.42. The lowest BCUT2D eigenvalue weighted by molar-refractivity contribution is 0.105. The Bertz CT molecular complexity index is 413. The van der Waals surface area contributed by atoms with Crippen molar-refractivity contribution in [1.82, 2.24) is 10.2 Å². The number of benzene rings is 1. The van der Waals surface area contributed by atoms with Gasteiger partial charge in [-0.3, -0.25) is 0 Å². The van der Waals surface area contributed by atoms with Gasteiger partial charge in [0, 0.05) is 23.1 Å². The molecule has 1 aromatic rings. The molecule has 0 spiro atoms. The summed E-state index contributed by atoms with van der Waals surface area (Å²) in [4.78, 5) is 2.12. The number of nitrogens with zero attached hydrogens (tertiary/aromatic N) is 1. The highest BCUT2D eigenvalue weighted by Gasteiger charge is 2.09. The molecule has 1 N–H and O–H groups in total. The van der Waals surface area contributed by atoms with E-state index in [1.54, 1.807) is 0 Å². The molecular weight excluding hydrogens is 316 g/mol. The summed E-state index contributed by atoms with van der Waals surface area (Å²) in [5.74, 6) is 0. The van der Waals surface area contributed by atoms with Crippen molar-refractivity contribution in [3.05, 3.63) is 33.8 Å². The first-order valence-corrected chi connectivity index (χ1v) is 7.82. The Morgan fingerprint density at radius 1 is 1.25 bits per heavy atom. The Labute approximate surface area is 131 Å². The fourth-order valence-electron chi connectivity index (χ4n) is 1.61. The minimum Gasteiger partial charge on any atom is -0.375 e. The molecule has 1 rings (SSSR count). The number of halogens is 1. The quantitative estimate of drug-likeness (QED) is 0.768. The van der Waals surface area contributed by atoms with E-state index >= 15 is 0 Å². The molecule has 114 valence electrons. The molecule has 0 aromatic heterocycles. The lowest BCUT2D eigenvalue weighted by Gasteiger charge is -2.20. The third kappa shape index (κ3) is 7.39. The smallest absolute Gasteiger partial charge is 0.0728 e. The third-order valence-corrected chi connectivity index (χ3v) is 3.62. The summed E-state index contributed by atoms with van der Waals surface area (Å²) in [5.41, 5.74) is 2.62. The molecule has 0 radical (unpaired) electrons. The SMILES string of the molecule is CN(C)CCOCc1ccc(CNC(C)(C)C)cc1Br. The summed E-state index contributed by atoms with van der Waals surface area (Å²) in [7, 11) is 4.10. The number of hydrogen-bond acceptors (Lipinski definition) is 3. The van der Waals surface area contributed by atoms with Gasteiger partial charge in [-0.25, -0.2) is 0 Å². The van der Waals surface area contributed by atoms with Gasteiger partial charge < -0.3 is 15.0 Å². The van der Waals surface area contributed by atoms with Gasteiger partial charge in [-0.15, -0.1) is 0 Å². The van der Waals surface area contributed by atoms with Gasteiger partial charge in [0.2, 0.25) is 0 Å². The second-order valence-corrected chi connectivity index (χ2v) is 7.24. The first-order chi connectivity index (χ1) is 9.28. The van der Waals surface area contributed by atoms with Crippen molar-refractivity contribution in [2.75, 3.05) is 27.2 Å². The van der Waals surface area contributed by atoms with Gasteiger partial charge in [0.15, 0.2) is 0 Å². The summed E-state index contributed by atoms with van der Waals surface area (Å²) in [6.45, 7) is 9.77. The predicted molar refractivity (Wildman–Crippen MR) is 88.9 cm³/mol. The normalized spacial score (nSPS) is 12.2. The van der Waals surface area contributed by atoms with E-state index in [0.717, 1.165) is 24.2 Å². The third-order valence-electron chi connectivity index (χ3n) is 2.88. The summed E-state index contributed by atoms with van der Waals surface area (Å²) >= 11 is 3.63. The van der Waals surface area contributed by atoms with Crippen LogP contribution < -0.4 is 5.32 Å². The van der Waals surface area contributed by atoms with Gasteiger partial charge in [0.1, 0.15) is 0 Å². The van der Waals surface area contributed by atoms with E-state index in [4.69, 9.17) is 4.74 Å². The molecule has 0 heterocycles.